The van der Waals surface area contributed by atoms with Crippen molar-refractivity contribution in [3.05, 3.63) is 41.8 Å². The predicted octanol–water partition coefficient (Wildman–Crippen LogP) is 2.32. The lowest BCUT2D eigenvalue weighted by atomic mass is 10.2. The second kappa shape index (κ2) is 3.76. The van der Waals surface area contributed by atoms with Crippen molar-refractivity contribution in [2.24, 2.45) is 0 Å². The van der Waals surface area contributed by atoms with Crippen LogP contribution in [0, 0.1) is 0 Å². The number of hydrogen-bond donors (Lipinski definition) is 1. The smallest absolute Gasteiger partial charge is 0.226 e. The zero-order chi connectivity index (χ0) is 12.8. The highest BCUT2D eigenvalue weighted by Crippen LogP contribution is 2.22. The van der Waals surface area contributed by atoms with Gasteiger partial charge in [0.05, 0.1) is 5.52 Å². The fourth-order valence-electron chi connectivity index (χ4n) is 2.02. The maximum atomic E-state index is 6.13. The van der Waals surface area contributed by atoms with Crippen molar-refractivity contribution < 1.29 is 0 Å². The van der Waals surface area contributed by atoms with Gasteiger partial charge in [0.25, 0.3) is 0 Å². The molecule has 0 radical (unpaired) electrons. The second-order valence-electron chi connectivity index (χ2n) is 4.03. The van der Waals surface area contributed by atoms with E-state index in [2.05, 4.69) is 25.3 Å². The molecule has 0 unspecified atom stereocenters. The summed E-state index contributed by atoms with van der Waals surface area (Å²) in [5.41, 5.74) is 2.14. The molecule has 0 aliphatic rings. The number of benzene rings is 1. The molecule has 4 aromatic rings. The molecule has 6 nitrogen and oxygen atoms in total. The second-order valence-corrected chi connectivity index (χ2v) is 4.37. The molecule has 1 aromatic carbocycles. The number of nitrogens with one attached hydrogen (secondary N) is 1. The summed E-state index contributed by atoms with van der Waals surface area (Å²) in [4.78, 5) is 8.79. The maximum absolute atomic E-state index is 6.13. The molecule has 7 heteroatoms. The minimum absolute atomic E-state index is 0.281. The maximum Gasteiger partial charge on any atom is 0.226 e. The van der Waals surface area contributed by atoms with Crippen LogP contribution in [0.1, 0.15) is 0 Å². The van der Waals surface area contributed by atoms with E-state index >= 15 is 0 Å². The molecule has 92 valence electrons. The highest BCUT2D eigenvalue weighted by atomic mass is 35.5. The van der Waals surface area contributed by atoms with E-state index in [1.807, 2.05) is 24.3 Å². The molecular weight excluding hydrogens is 264 g/mol. The van der Waals surface area contributed by atoms with Gasteiger partial charge in [0.1, 0.15) is 5.69 Å². The molecule has 0 saturated heterocycles. The van der Waals surface area contributed by atoms with Gasteiger partial charge in [-0.25, -0.2) is 9.97 Å². The van der Waals surface area contributed by atoms with E-state index in [0.29, 0.717) is 17.2 Å². The van der Waals surface area contributed by atoms with Crippen LogP contribution in [0.15, 0.2) is 36.5 Å². The summed E-state index contributed by atoms with van der Waals surface area (Å²) in [5, 5.41) is 12.3. The van der Waals surface area contributed by atoms with Gasteiger partial charge in [-0.05, 0) is 29.8 Å². The summed E-state index contributed by atoms with van der Waals surface area (Å²) in [6.45, 7) is 0. The van der Waals surface area contributed by atoms with E-state index in [-0.39, 0.29) is 5.28 Å². The number of halogens is 1. The van der Waals surface area contributed by atoms with E-state index in [4.69, 9.17) is 11.6 Å². The van der Waals surface area contributed by atoms with Gasteiger partial charge in [0.2, 0.25) is 11.1 Å². The normalized spacial score (nSPS) is 11.4. The zero-order valence-corrected chi connectivity index (χ0v) is 10.3. The van der Waals surface area contributed by atoms with Crippen molar-refractivity contribution in [2.75, 3.05) is 0 Å². The number of para-hydroxylation sites is 1. The van der Waals surface area contributed by atoms with Gasteiger partial charge in [-0.2, -0.15) is 9.61 Å². The third-order valence-corrected chi connectivity index (χ3v) is 3.11. The molecule has 0 aliphatic carbocycles. The summed E-state index contributed by atoms with van der Waals surface area (Å²) in [7, 11) is 0. The first kappa shape index (κ1) is 10.5. The Hall–Kier alpha value is -2.47. The lowest BCUT2D eigenvalue weighted by Gasteiger charge is -1.99. The van der Waals surface area contributed by atoms with Crippen LogP contribution in [0.2, 0.25) is 5.28 Å². The third-order valence-electron chi connectivity index (χ3n) is 2.87. The Labute approximate surface area is 112 Å². The zero-order valence-electron chi connectivity index (χ0n) is 9.58. The fourth-order valence-corrected chi connectivity index (χ4v) is 2.22. The molecule has 0 fully saturated rings. The van der Waals surface area contributed by atoms with Crippen molar-refractivity contribution in [3.63, 3.8) is 0 Å². The number of fused-ring (bicyclic) bond motifs is 3. The lowest BCUT2D eigenvalue weighted by molar-refractivity contribution is 0.934. The van der Waals surface area contributed by atoms with Crippen LogP contribution >= 0.6 is 11.6 Å². The molecule has 0 amide bonds. The Balaban J connectivity index is 2.12. The van der Waals surface area contributed by atoms with Gasteiger partial charge in [-0.1, -0.05) is 12.1 Å². The molecule has 0 atom stereocenters. The van der Waals surface area contributed by atoms with E-state index < -0.39 is 0 Å². The van der Waals surface area contributed by atoms with Gasteiger partial charge >= 0.3 is 0 Å². The summed E-state index contributed by atoms with van der Waals surface area (Å²) in [5.74, 6) is 0.515. The van der Waals surface area contributed by atoms with Crippen LogP contribution in [0.4, 0.5) is 0 Å². The summed E-state index contributed by atoms with van der Waals surface area (Å²) < 4.78 is 1.52. The van der Waals surface area contributed by atoms with E-state index in [9.17, 15) is 0 Å². The SMILES string of the molecule is Clc1nc2ccccc2c2nc(-c3cc[nH]n3)nn12. The Kier molecular flexibility index (Phi) is 2.07. The van der Waals surface area contributed by atoms with Crippen molar-refractivity contribution in [3.8, 4) is 11.5 Å². The highest BCUT2D eigenvalue weighted by molar-refractivity contribution is 6.29. The van der Waals surface area contributed by atoms with E-state index in [1.165, 1.54) is 4.52 Å². The van der Waals surface area contributed by atoms with Gasteiger partial charge in [-0.15, -0.1) is 5.10 Å². The van der Waals surface area contributed by atoms with Gasteiger partial charge in [0.15, 0.2) is 5.65 Å². The van der Waals surface area contributed by atoms with Crippen molar-refractivity contribution in [1.82, 2.24) is 29.8 Å². The van der Waals surface area contributed by atoms with Crippen molar-refractivity contribution >= 4 is 28.2 Å². The number of nitrogens with zero attached hydrogens (tertiary/aromatic N) is 5. The van der Waals surface area contributed by atoms with Crippen LogP contribution < -0.4 is 0 Å². The molecule has 0 bridgehead atoms. The molecule has 3 aromatic heterocycles. The fraction of sp³-hybridized carbons (Fsp3) is 0. The molecule has 0 spiro atoms. The number of aromatic amines is 1. The molecule has 3 heterocycles. The first-order valence-electron chi connectivity index (χ1n) is 5.64. The molecule has 4 rings (SSSR count). The molecular formula is C12H7ClN6. The van der Waals surface area contributed by atoms with Gasteiger partial charge < -0.3 is 0 Å². The van der Waals surface area contributed by atoms with Gasteiger partial charge in [0, 0.05) is 11.6 Å². The molecule has 19 heavy (non-hydrogen) atoms. The van der Waals surface area contributed by atoms with Crippen LogP contribution in [0.3, 0.4) is 0 Å². The van der Waals surface area contributed by atoms with E-state index in [1.54, 1.807) is 12.3 Å². The number of rotatable bonds is 1. The summed E-state index contributed by atoms with van der Waals surface area (Å²) in [6.07, 6.45) is 1.72. The quantitative estimate of drug-likeness (QED) is 0.539. The third kappa shape index (κ3) is 1.50. The molecule has 0 aliphatic heterocycles. The first-order chi connectivity index (χ1) is 9.33. The van der Waals surface area contributed by atoms with Crippen LogP contribution in [-0.2, 0) is 0 Å². The minimum atomic E-state index is 0.281. The first-order valence-corrected chi connectivity index (χ1v) is 6.02. The average Bonchev–Trinajstić information content (AvgIpc) is 3.08. The topological polar surface area (TPSA) is 71.8 Å². The van der Waals surface area contributed by atoms with E-state index in [0.717, 1.165) is 10.9 Å². The van der Waals surface area contributed by atoms with Gasteiger partial charge in [-0.3, -0.25) is 5.10 Å². The number of H-pyrrole nitrogens is 1. The minimum Gasteiger partial charge on any atom is -0.285 e. The van der Waals surface area contributed by atoms with Crippen molar-refractivity contribution in [2.45, 2.75) is 0 Å². The Morgan fingerprint density at radius 1 is 1.11 bits per heavy atom. The summed E-state index contributed by atoms with van der Waals surface area (Å²) in [6, 6.07) is 9.48. The number of hydrogen-bond acceptors (Lipinski definition) is 4. The van der Waals surface area contributed by atoms with Crippen molar-refractivity contribution in [1.29, 1.82) is 0 Å². The number of aromatic nitrogens is 6. The van der Waals surface area contributed by atoms with Crippen LogP contribution in [0.25, 0.3) is 28.1 Å². The molecule has 1 N–H and O–H groups in total. The Morgan fingerprint density at radius 2 is 2.00 bits per heavy atom. The lowest BCUT2D eigenvalue weighted by Crippen LogP contribution is -1.94. The monoisotopic (exact) mass is 270 g/mol. The molecule has 0 saturated carbocycles. The Morgan fingerprint density at radius 3 is 2.84 bits per heavy atom. The summed E-state index contributed by atoms with van der Waals surface area (Å²) >= 11 is 6.13. The van der Waals surface area contributed by atoms with Crippen LogP contribution in [0.5, 0.6) is 0 Å². The predicted molar refractivity (Wildman–Crippen MR) is 70.9 cm³/mol. The Bertz CT molecular complexity index is 880. The highest BCUT2D eigenvalue weighted by Gasteiger charge is 2.13. The van der Waals surface area contributed by atoms with Crippen LogP contribution in [-0.4, -0.2) is 29.8 Å². The average molecular weight is 271 g/mol. The largest absolute Gasteiger partial charge is 0.285 e. The standard InChI is InChI=1S/C12H7ClN6/c13-12-15-8-4-2-1-3-7(8)11-16-10(18-19(11)12)9-5-6-14-17-9/h1-6H,(H,14,17).